The normalized spacial score (nSPS) is 20.2. The number of benzene rings is 1. The Kier molecular flexibility index (Phi) is 4.52. The molecule has 2 heterocycles. The van der Waals surface area contributed by atoms with E-state index in [9.17, 15) is 9.90 Å². The zero-order valence-electron chi connectivity index (χ0n) is 12.3. The van der Waals surface area contributed by atoms with Crippen LogP contribution >= 0.6 is 22.9 Å². The van der Waals surface area contributed by atoms with Crippen LogP contribution in [-0.4, -0.2) is 28.6 Å². The van der Waals surface area contributed by atoms with Crippen molar-refractivity contribution in [2.75, 3.05) is 6.54 Å². The Morgan fingerprint density at radius 2 is 2.23 bits per heavy atom. The number of hydrogen-bond acceptors (Lipinski definition) is 3. The first kappa shape index (κ1) is 15.5. The second-order valence-corrected chi connectivity index (χ2v) is 7.40. The van der Waals surface area contributed by atoms with Gasteiger partial charge in [0.15, 0.2) is 0 Å². The van der Waals surface area contributed by atoms with Gasteiger partial charge >= 0.3 is 5.97 Å². The summed E-state index contributed by atoms with van der Waals surface area (Å²) in [7, 11) is 0. The fraction of sp³-hybridized carbons (Fsp3) is 0.353. The molecule has 1 aliphatic heterocycles. The number of carbonyl (C=O) groups is 1. The molecule has 0 aliphatic carbocycles. The average Bonchev–Trinajstić information content (AvgIpc) is 3.09. The highest BCUT2D eigenvalue weighted by Gasteiger charge is 2.37. The van der Waals surface area contributed by atoms with Crippen molar-refractivity contribution in [3.63, 3.8) is 0 Å². The number of carboxylic acids is 1. The van der Waals surface area contributed by atoms with Gasteiger partial charge in [-0.05, 0) is 49.6 Å². The third-order valence-corrected chi connectivity index (χ3v) is 5.39. The fourth-order valence-corrected chi connectivity index (χ4v) is 4.39. The number of hydrogen-bond donors (Lipinski definition) is 1. The molecule has 0 saturated carbocycles. The molecule has 1 aromatic carbocycles. The van der Waals surface area contributed by atoms with Crippen molar-refractivity contribution in [1.82, 2.24) is 4.90 Å². The number of nitrogens with zero attached hydrogens (tertiary/aromatic N) is 1. The van der Waals surface area contributed by atoms with Crippen LogP contribution < -0.4 is 0 Å². The van der Waals surface area contributed by atoms with Crippen molar-refractivity contribution >= 4 is 28.9 Å². The first-order chi connectivity index (χ1) is 10.6. The van der Waals surface area contributed by atoms with Crippen LogP contribution in [0, 0.1) is 6.92 Å². The lowest BCUT2D eigenvalue weighted by Crippen LogP contribution is -2.39. The molecular weight excluding hydrogens is 318 g/mol. The summed E-state index contributed by atoms with van der Waals surface area (Å²) < 4.78 is 0. The van der Waals surface area contributed by atoms with Crippen molar-refractivity contribution in [2.24, 2.45) is 0 Å². The first-order valence-corrected chi connectivity index (χ1v) is 8.56. The van der Waals surface area contributed by atoms with Crippen LogP contribution in [0.1, 0.15) is 34.2 Å². The van der Waals surface area contributed by atoms with Crippen molar-refractivity contribution in [3.05, 3.63) is 56.7 Å². The molecule has 2 unspecified atom stereocenters. The van der Waals surface area contributed by atoms with Crippen molar-refractivity contribution in [2.45, 2.75) is 31.8 Å². The second kappa shape index (κ2) is 6.41. The number of aliphatic carboxylic acids is 1. The first-order valence-electron chi connectivity index (χ1n) is 7.36. The lowest BCUT2D eigenvalue weighted by Gasteiger charge is -2.31. The molecule has 0 spiro atoms. The summed E-state index contributed by atoms with van der Waals surface area (Å²) >= 11 is 7.88. The number of thiophene rings is 1. The summed E-state index contributed by atoms with van der Waals surface area (Å²) in [5.41, 5.74) is 1.06. The molecule has 5 heteroatoms. The highest BCUT2D eigenvalue weighted by molar-refractivity contribution is 7.12. The van der Waals surface area contributed by atoms with Crippen LogP contribution in [0.2, 0.25) is 5.02 Å². The van der Waals surface area contributed by atoms with Crippen molar-refractivity contribution in [1.29, 1.82) is 0 Å². The zero-order valence-corrected chi connectivity index (χ0v) is 13.9. The quantitative estimate of drug-likeness (QED) is 0.903. The molecule has 2 aromatic rings. The number of halogens is 1. The Morgan fingerprint density at radius 1 is 1.41 bits per heavy atom. The molecule has 22 heavy (non-hydrogen) atoms. The summed E-state index contributed by atoms with van der Waals surface area (Å²) in [5.74, 6) is -0.738. The molecule has 2 atom stereocenters. The van der Waals surface area contributed by atoms with E-state index in [2.05, 4.69) is 24.0 Å². The highest BCUT2D eigenvalue weighted by atomic mass is 35.5. The van der Waals surface area contributed by atoms with E-state index >= 15 is 0 Å². The summed E-state index contributed by atoms with van der Waals surface area (Å²) in [6, 6.07) is 11.5. The number of rotatable bonds is 4. The molecule has 1 aliphatic rings. The van der Waals surface area contributed by atoms with Crippen LogP contribution in [0.4, 0.5) is 0 Å². The van der Waals surface area contributed by atoms with Crippen LogP contribution in [0.3, 0.4) is 0 Å². The Morgan fingerprint density at radius 3 is 2.86 bits per heavy atom. The van der Waals surface area contributed by atoms with E-state index in [0.717, 1.165) is 18.5 Å². The largest absolute Gasteiger partial charge is 0.480 e. The molecular formula is C17H18ClNO2S. The van der Waals surface area contributed by atoms with E-state index in [-0.39, 0.29) is 6.04 Å². The van der Waals surface area contributed by atoms with E-state index in [4.69, 9.17) is 11.6 Å². The lowest BCUT2D eigenvalue weighted by atomic mass is 10.0. The monoisotopic (exact) mass is 335 g/mol. The molecule has 116 valence electrons. The molecule has 3 rings (SSSR count). The van der Waals surface area contributed by atoms with Gasteiger partial charge in [0, 0.05) is 21.3 Å². The Bertz CT molecular complexity index is 685. The number of likely N-dealkylation sites (tertiary alicyclic amines) is 1. The van der Waals surface area contributed by atoms with E-state index in [1.807, 2.05) is 24.3 Å². The molecule has 0 amide bonds. The molecule has 1 N–H and O–H groups in total. The van der Waals surface area contributed by atoms with Gasteiger partial charge in [-0.3, -0.25) is 9.69 Å². The number of carboxylic acid groups (broad SMARTS) is 1. The third kappa shape index (κ3) is 3.05. The van der Waals surface area contributed by atoms with Crippen LogP contribution in [-0.2, 0) is 4.79 Å². The van der Waals surface area contributed by atoms with E-state index in [1.165, 1.54) is 9.75 Å². The van der Waals surface area contributed by atoms with Crippen molar-refractivity contribution in [3.8, 4) is 0 Å². The third-order valence-electron chi connectivity index (χ3n) is 4.11. The van der Waals surface area contributed by atoms with E-state index in [1.54, 1.807) is 11.3 Å². The minimum Gasteiger partial charge on any atom is -0.480 e. The Hall–Kier alpha value is -1.36. The van der Waals surface area contributed by atoms with Crippen LogP contribution in [0.25, 0.3) is 0 Å². The van der Waals surface area contributed by atoms with Crippen LogP contribution in [0.15, 0.2) is 36.4 Å². The SMILES string of the molecule is Cc1ccc(C(c2cccc(Cl)c2)N2CCCC2C(=O)O)s1. The second-order valence-electron chi connectivity index (χ2n) is 5.64. The minimum atomic E-state index is -0.738. The van der Waals surface area contributed by atoms with Gasteiger partial charge in [-0.15, -0.1) is 11.3 Å². The molecule has 1 fully saturated rings. The van der Waals surface area contributed by atoms with Gasteiger partial charge in [-0.1, -0.05) is 23.7 Å². The van der Waals surface area contributed by atoms with Gasteiger partial charge in [-0.25, -0.2) is 0 Å². The molecule has 0 bridgehead atoms. The minimum absolute atomic E-state index is 0.0407. The predicted molar refractivity (Wildman–Crippen MR) is 89.7 cm³/mol. The summed E-state index contributed by atoms with van der Waals surface area (Å²) in [6.07, 6.45) is 1.62. The maximum atomic E-state index is 11.6. The lowest BCUT2D eigenvalue weighted by molar-refractivity contribution is -0.142. The predicted octanol–water partition coefficient (Wildman–Crippen LogP) is 4.35. The average molecular weight is 336 g/mol. The maximum Gasteiger partial charge on any atom is 0.320 e. The Labute approximate surface area is 139 Å². The maximum absolute atomic E-state index is 11.6. The fourth-order valence-electron chi connectivity index (χ4n) is 3.16. The molecule has 1 saturated heterocycles. The standard InChI is InChI=1S/C17H18ClNO2S/c1-11-7-8-15(22-11)16(12-4-2-5-13(18)10-12)19-9-3-6-14(19)17(20)21/h2,4-5,7-8,10,14,16H,3,6,9H2,1H3,(H,20,21). The summed E-state index contributed by atoms with van der Waals surface area (Å²) in [6.45, 7) is 2.87. The van der Waals surface area contributed by atoms with Gasteiger partial charge in [0.2, 0.25) is 0 Å². The van der Waals surface area contributed by atoms with Crippen molar-refractivity contribution < 1.29 is 9.90 Å². The highest BCUT2D eigenvalue weighted by Crippen LogP contribution is 2.38. The summed E-state index contributed by atoms with van der Waals surface area (Å²) in [4.78, 5) is 16.1. The summed E-state index contributed by atoms with van der Waals surface area (Å²) in [5, 5.41) is 10.2. The van der Waals surface area contributed by atoms with Gasteiger partial charge in [0.25, 0.3) is 0 Å². The van der Waals surface area contributed by atoms with Crippen LogP contribution in [0.5, 0.6) is 0 Å². The van der Waals surface area contributed by atoms with Gasteiger partial charge in [0.1, 0.15) is 6.04 Å². The number of aryl methyl sites for hydroxylation is 1. The Balaban J connectivity index is 2.05. The van der Waals surface area contributed by atoms with E-state index < -0.39 is 12.0 Å². The molecule has 0 radical (unpaired) electrons. The van der Waals surface area contributed by atoms with Gasteiger partial charge < -0.3 is 5.11 Å². The molecule has 1 aromatic heterocycles. The van der Waals surface area contributed by atoms with Gasteiger partial charge in [-0.2, -0.15) is 0 Å². The molecule has 3 nitrogen and oxygen atoms in total. The van der Waals surface area contributed by atoms with E-state index in [0.29, 0.717) is 11.4 Å². The van der Waals surface area contributed by atoms with Gasteiger partial charge in [0.05, 0.1) is 6.04 Å². The smallest absolute Gasteiger partial charge is 0.320 e. The topological polar surface area (TPSA) is 40.5 Å². The zero-order chi connectivity index (χ0) is 15.7.